The highest BCUT2D eigenvalue weighted by Crippen LogP contribution is 2.45. The van der Waals surface area contributed by atoms with Crippen LogP contribution in [0.2, 0.25) is 0 Å². The van der Waals surface area contributed by atoms with Crippen LogP contribution in [0.5, 0.6) is 5.75 Å². The minimum absolute atomic E-state index is 0.103. The van der Waals surface area contributed by atoms with Gasteiger partial charge in [-0.1, -0.05) is 23.9 Å². The number of ether oxygens (including phenoxy) is 1. The first kappa shape index (κ1) is 15.5. The number of phenolic OH excluding ortho intramolecular Hbond substituents is 1. The fourth-order valence-electron chi connectivity index (χ4n) is 3.34. The van der Waals surface area contributed by atoms with E-state index in [1.54, 1.807) is 30.0 Å². The number of aliphatic imine (C=N–C) groups is 1. The standard InChI is InChI=1S/C17H19N3O3S/c1-10-18-16-14(15(24-10)11-3-2-4-13(21)9-11)17(22)19-20(16)12-5-7-23-8-6-12/h2-4,9,12,15,21H,5-8H2,1H3,(H,19,22)/t15-/m1/s1. The van der Waals surface area contributed by atoms with Gasteiger partial charge < -0.3 is 9.84 Å². The predicted octanol–water partition coefficient (Wildman–Crippen LogP) is 3.12. The van der Waals surface area contributed by atoms with Gasteiger partial charge in [-0.3, -0.25) is 14.6 Å². The number of nitrogens with one attached hydrogen (secondary N) is 1. The zero-order valence-electron chi connectivity index (χ0n) is 13.4. The Balaban J connectivity index is 1.82. The van der Waals surface area contributed by atoms with Crippen molar-refractivity contribution in [3.63, 3.8) is 0 Å². The quantitative estimate of drug-likeness (QED) is 0.876. The van der Waals surface area contributed by atoms with E-state index in [0.29, 0.717) is 18.8 Å². The molecule has 1 aromatic carbocycles. The summed E-state index contributed by atoms with van der Waals surface area (Å²) in [6.07, 6.45) is 1.74. The molecule has 24 heavy (non-hydrogen) atoms. The third-order valence-corrected chi connectivity index (χ3v) is 5.65. The molecule has 6 nitrogen and oxygen atoms in total. The van der Waals surface area contributed by atoms with E-state index in [2.05, 4.69) is 10.1 Å². The van der Waals surface area contributed by atoms with Crippen molar-refractivity contribution < 1.29 is 9.84 Å². The molecule has 0 amide bonds. The van der Waals surface area contributed by atoms with Crippen molar-refractivity contribution in [2.24, 2.45) is 4.99 Å². The van der Waals surface area contributed by atoms with Crippen LogP contribution in [-0.2, 0) is 4.74 Å². The highest BCUT2D eigenvalue weighted by Gasteiger charge is 2.32. The van der Waals surface area contributed by atoms with Crippen LogP contribution in [0.4, 0.5) is 5.82 Å². The van der Waals surface area contributed by atoms with Crippen LogP contribution in [-0.4, -0.2) is 33.1 Å². The highest BCUT2D eigenvalue weighted by molar-refractivity contribution is 8.14. The lowest BCUT2D eigenvalue weighted by molar-refractivity contribution is 0.0666. The smallest absolute Gasteiger partial charge is 0.271 e. The molecule has 126 valence electrons. The van der Waals surface area contributed by atoms with Gasteiger partial charge in [0, 0.05) is 13.2 Å². The number of thioether (sulfide) groups is 1. The molecule has 0 unspecified atom stereocenters. The first-order chi connectivity index (χ1) is 11.6. The summed E-state index contributed by atoms with van der Waals surface area (Å²) < 4.78 is 7.34. The van der Waals surface area contributed by atoms with Crippen LogP contribution in [0.3, 0.4) is 0 Å². The molecule has 1 atom stereocenters. The van der Waals surface area contributed by atoms with E-state index >= 15 is 0 Å². The second kappa shape index (κ2) is 6.14. The maximum atomic E-state index is 12.6. The molecule has 2 aromatic rings. The second-order valence-corrected chi connectivity index (χ2v) is 7.41. The fourth-order valence-corrected chi connectivity index (χ4v) is 4.43. The molecule has 1 saturated heterocycles. The molecule has 2 aliphatic heterocycles. The number of aromatic amines is 1. The Bertz CT molecular complexity index is 849. The van der Waals surface area contributed by atoms with E-state index in [0.717, 1.165) is 29.3 Å². The molecule has 1 aromatic heterocycles. The number of hydrogen-bond acceptors (Lipinski definition) is 5. The van der Waals surface area contributed by atoms with Gasteiger partial charge in [-0.05, 0) is 37.5 Å². The monoisotopic (exact) mass is 345 g/mol. The van der Waals surface area contributed by atoms with Gasteiger partial charge >= 0.3 is 0 Å². The first-order valence-corrected chi connectivity index (χ1v) is 8.94. The lowest BCUT2D eigenvalue weighted by atomic mass is 10.1. The molecule has 4 rings (SSSR count). The number of H-pyrrole nitrogens is 1. The van der Waals surface area contributed by atoms with Crippen LogP contribution >= 0.6 is 11.8 Å². The highest BCUT2D eigenvalue weighted by atomic mass is 32.2. The zero-order chi connectivity index (χ0) is 16.7. The van der Waals surface area contributed by atoms with Gasteiger partial charge in [0.2, 0.25) is 0 Å². The number of rotatable bonds is 2. The summed E-state index contributed by atoms with van der Waals surface area (Å²) in [6.45, 7) is 3.36. The van der Waals surface area contributed by atoms with Crippen LogP contribution in [0.1, 0.15) is 42.2 Å². The molecule has 3 heterocycles. The van der Waals surface area contributed by atoms with Gasteiger partial charge in [0.25, 0.3) is 5.56 Å². The molecular weight excluding hydrogens is 326 g/mol. The summed E-state index contributed by atoms with van der Waals surface area (Å²) in [5.74, 6) is 0.923. The largest absolute Gasteiger partial charge is 0.508 e. The number of aromatic hydroxyl groups is 1. The van der Waals surface area contributed by atoms with Gasteiger partial charge in [0.05, 0.1) is 21.9 Å². The molecule has 7 heteroatoms. The van der Waals surface area contributed by atoms with Gasteiger partial charge in [-0.2, -0.15) is 0 Å². The van der Waals surface area contributed by atoms with Gasteiger partial charge in [-0.15, -0.1) is 0 Å². The number of aromatic nitrogens is 2. The molecule has 0 spiro atoms. The maximum Gasteiger partial charge on any atom is 0.271 e. The Morgan fingerprint density at radius 2 is 2.17 bits per heavy atom. The summed E-state index contributed by atoms with van der Waals surface area (Å²) >= 11 is 1.55. The summed E-state index contributed by atoms with van der Waals surface area (Å²) in [5, 5.41) is 13.5. The van der Waals surface area contributed by atoms with E-state index in [1.165, 1.54) is 0 Å². The average molecular weight is 345 g/mol. The Kier molecular flexibility index (Phi) is 3.97. The predicted molar refractivity (Wildman–Crippen MR) is 94.5 cm³/mol. The summed E-state index contributed by atoms with van der Waals surface area (Å²) in [4.78, 5) is 17.3. The second-order valence-electron chi connectivity index (χ2n) is 6.12. The normalized spacial score (nSPS) is 21.4. The third kappa shape index (κ3) is 2.67. The molecule has 0 radical (unpaired) electrons. The Hall–Kier alpha value is -1.99. The lowest BCUT2D eigenvalue weighted by Crippen LogP contribution is -2.21. The fraction of sp³-hybridized carbons (Fsp3) is 0.412. The topological polar surface area (TPSA) is 79.6 Å². The molecule has 1 fully saturated rings. The van der Waals surface area contributed by atoms with E-state index in [4.69, 9.17) is 4.74 Å². The molecule has 2 N–H and O–H groups in total. The Morgan fingerprint density at radius 3 is 2.92 bits per heavy atom. The van der Waals surface area contributed by atoms with Crippen molar-refractivity contribution in [2.45, 2.75) is 31.1 Å². The van der Waals surface area contributed by atoms with Crippen molar-refractivity contribution >= 4 is 22.6 Å². The van der Waals surface area contributed by atoms with Crippen LogP contribution in [0.25, 0.3) is 0 Å². The van der Waals surface area contributed by atoms with E-state index < -0.39 is 0 Å². The van der Waals surface area contributed by atoms with Gasteiger partial charge in [0.15, 0.2) is 5.82 Å². The van der Waals surface area contributed by atoms with Crippen molar-refractivity contribution in [3.05, 3.63) is 45.7 Å². The van der Waals surface area contributed by atoms with Crippen molar-refractivity contribution in [2.75, 3.05) is 13.2 Å². The first-order valence-electron chi connectivity index (χ1n) is 8.06. The summed E-state index contributed by atoms with van der Waals surface area (Å²) in [7, 11) is 0. The number of hydrogen-bond donors (Lipinski definition) is 2. The summed E-state index contributed by atoms with van der Waals surface area (Å²) in [6, 6.07) is 7.29. The van der Waals surface area contributed by atoms with Gasteiger partial charge in [-0.25, -0.2) is 4.99 Å². The third-order valence-electron chi connectivity index (χ3n) is 4.48. The van der Waals surface area contributed by atoms with Crippen LogP contribution < -0.4 is 5.56 Å². The van der Waals surface area contributed by atoms with E-state index in [9.17, 15) is 9.90 Å². The number of phenols is 1. The Labute approximate surface area is 143 Å². The number of fused-ring (bicyclic) bond motifs is 1. The molecule has 0 bridgehead atoms. The molecule has 0 aliphatic carbocycles. The minimum Gasteiger partial charge on any atom is -0.508 e. The average Bonchev–Trinajstić information content (AvgIpc) is 2.91. The Morgan fingerprint density at radius 1 is 1.38 bits per heavy atom. The zero-order valence-corrected chi connectivity index (χ0v) is 14.2. The van der Waals surface area contributed by atoms with Crippen molar-refractivity contribution in [3.8, 4) is 5.75 Å². The van der Waals surface area contributed by atoms with Crippen molar-refractivity contribution in [1.29, 1.82) is 0 Å². The van der Waals surface area contributed by atoms with Crippen molar-refractivity contribution in [1.82, 2.24) is 9.78 Å². The molecular formula is C17H19N3O3S. The van der Waals surface area contributed by atoms with E-state index in [1.807, 2.05) is 17.7 Å². The molecule has 0 saturated carbocycles. The number of benzene rings is 1. The SMILES string of the molecule is CC1=Nc2c(c(=O)[nH]n2C2CCOCC2)[C@@H](c2cccc(O)c2)S1. The number of nitrogens with zero attached hydrogens (tertiary/aromatic N) is 2. The molecule has 2 aliphatic rings. The van der Waals surface area contributed by atoms with Crippen LogP contribution in [0, 0.1) is 0 Å². The van der Waals surface area contributed by atoms with Gasteiger partial charge in [0.1, 0.15) is 5.75 Å². The maximum absolute atomic E-state index is 12.6. The summed E-state index contributed by atoms with van der Waals surface area (Å²) in [5.41, 5.74) is 1.47. The lowest BCUT2D eigenvalue weighted by Gasteiger charge is -2.26. The van der Waals surface area contributed by atoms with E-state index in [-0.39, 0.29) is 22.6 Å². The minimum atomic E-state index is -0.158. The van der Waals surface area contributed by atoms with Crippen LogP contribution in [0.15, 0.2) is 34.1 Å².